The van der Waals surface area contributed by atoms with Crippen LogP contribution in [0.4, 0.5) is 0 Å². The van der Waals surface area contributed by atoms with Gasteiger partial charge in [0.05, 0.1) is 11.8 Å². The lowest BCUT2D eigenvalue weighted by Gasteiger charge is -2.34. The van der Waals surface area contributed by atoms with Crippen LogP contribution in [0.25, 0.3) is 0 Å². The molecule has 1 saturated carbocycles. The first-order valence-corrected chi connectivity index (χ1v) is 12.2. The predicted molar refractivity (Wildman–Crippen MR) is 97.6 cm³/mol. The summed E-state index contributed by atoms with van der Waals surface area (Å²) in [5.41, 5.74) is -3.28. The summed E-state index contributed by atoms with van der Waals surface area (Å²) < 4.78 is 41.6. The largest absolute Gasteiger partial charge is 0.778 e. The SMILES string of the molecule is CO[C@H]1C(OP(=O)([O-])C(C)C)[C@@H](C2CC2P(=O)(O)O)O[C@H]1n1ccc(=O)[nH]c1=O. The van der Waals surface area contributed by atoms with Gasteiger partial charge in [-0.15, -0.1) is 0 Å². The molecule has 164 valence electrons. The molecule has 0 bridgehead atoms. The number of hydrogen-bond acceptors (Lipinski definition) is 8. The minimum Gasteiger partial charge on any atom is -0.778 e. The first kappa shape index (κ1) is 22.6. The maximum absolute atomic E-state index is 12.4. The highest BCUT2D eigenvalue weighted by Crippen LogP contribution is 2.62. The first-order valence-electron chi connectivity index (χ1n) is 8.91. The first-order chi connectivity index (χ1) is 13.4. The standard InChI is InChI=1S/C15H24N2O10P2/c1-7(2)29(23,24)27-12-11(8-6-9(8)28(20,21)22)26-14(13(12)25-3)17-5-4-10(18)16-15(17)19/h4-5,7-9,11-14H,6H2,1-3H3,(H,23,24)(H,16,18,19)(H2,20,21,22)/p-1/t8?,9?,11-,12?,13+,14-/m1/s1. The zero-order valence-electron chi connectivity index (χ0n) is 15.9. The molecule has 2 fully saturated rings. The summed E-state index contributed by atoms with van der Waals surface area (Å²) in [5, 5.41) is 0. The quantitative estimate of drug-likeness (QED) is 0.450. The number of H-pyrrole nitrogens is 1. The van der Waals surface area contributed by atoms with Crippen LogP contribution in [0.5, 0.6) is 0 Å². The topological polar surface area (TPSA) is 180 Å². The van der Waals surface area contributed by atoms with Crippen LogP contribution in [0.2, 0.25) is 0 Å². The van der Waals surface area contributed by atoms with Crippen LogP contribution >= 0.6 is 15.2 Å². The Labute approximate surface area is 165 Å². The van der Waals surface area contributed by atoms with Crippen LogP contribution in [0, 0.1) is 5.92 Å². The molecule has 29 heavy (non-hydrogen) atoms. The van der Waals surface area contributed by atoms with Gasteiger partial charge < -0.3 is 33.2 Å². The summed E-state index contributed by atoms with van der Waals surface area (Å²) in [6.07, 6.45) is -3.22. The molecule has 12 nitrogen and oxygen atoms in total. The number of hydrogen-bond donors (Lipinski definition) is 3. The Morgan fingerprint density at radius 1 is 1.31 bits per heavy atom. The van der Waals surface area contributed by atoms with Crippen molar-refractivity contribution in [3.8, 4) is 0 Å². The van der Waals surface area contributed by atoms with Crippen molar-refractivity contribution >= 4 is 15.2 Å². The number of rotatable bonds is 7. The van der Waals surface area contributed by atoms with E-state index in [9.17, 15) is 33.4 Å². The van der Waals surface area contributed by atoms with Crippen LogP contribution in [0.15, 0.2) is 21.9 Å². The smallest absolute Gasteiger partial charge is 0.330 e. The van der Waals surface area contributed by atoms with Crippen molar-refractivity contribution < 1.29 is 37.8 Å². The summed E-state index contributed by atoms with van der Waals surface area (Å²) in [5.74, 6) is -0.672. The maximum Gasteiger partial charge on any atom is 0.330 e. The molecule has 14 heteroatoms. The number of aromatic amines is 1. The third kappa shape index (κ3) is 4.50. The molecule has 1 aromatic rings. The van der Waals surface area contributed by atoms with E-state index in [0.29, 0.717) is 0 Å². The summed E-state index contributed by atoms with van der Waals surface area (Å²) in [7, 11) is -7.50. The summed E-state index contributed by atoms with van der Waals surface area (Å²) in [6.45, 7) is 2.86. The second kappa shape index (κ2) is 7.86. The van der Waals surface area contributed by atoms with Gasteiger partial charge >= 0.3 is 13.3 Å². The van der Waals surface area contributed by atoms with Gasteiger partial charge in [0.1, 0.15) is 19.8 Å². The van der Waals surface area contributed by atoms with Gasteiger partial charge in [-0.2, -0.15) is 0 Å². The molecule has 7 atom stereocenters. The molecular formula is C15H23N2O10P2-. The highest BCUT2D eigenvalue weighted by Gasteiger charge is 2.61. The van der Waals surface area contributed by atoms with Crippen molar-refractivity contribution in [3.05, 3.63) is 33.1 Å². The van der Waals surface area contributed by atoms with E-state index in [1.807, 2.05) is 0 Å². The van der Waals surface area contributed by atoms with E-state index >= 15 is 0 Å². The zero-order valence-corrected chi connectivity index (χ0v) is 17.7. The van der Waals surface area contributed by atoms with Gasteiger partial charge in [-0.05, 0) is 6.42 Å². The number of aromatic nitrogens is 2. The van der Waals surface area contributed by atoms with Gasteiger partial charge in [-0.25, -0.2) is 4.79 Å². The van der Waals surface area contributed by atoms with Gasteiger partial charge in [-0.3, -0.25) is 18.9 Å². The number of methoxy groups -OCH3 is 1. The lowest BCUT2D eigenvalue weighted by Crippen LogP contribution is -2.40. The van der Waals surface area contributed by atoms with Crippen LogP contribution in [0.1, 0.15) is 26.5 Å². The van der Waals surface area contributed by atoms with Gasteiger partial charge in [-0.1, -0.05) is 13.8 Å². The van der Waals surface area contributed by atoms with Crippen molar-refractivity contribution in [2.45, 2.75) is 56.1 Å². The lowest BCUT2D eigenvalue weighted by molar-refractivity contribution is -0.209. The van der Waals surface area contributed by atoms with E-state index in [1.54, 1.807) is 0 Å². The molecule has 1 aromatic heterocycles. The van der Waals surface area contributed by atoms with Crippen LogP contribution in [-0.4, -0.2) is 56.1 Å². The molecule has 1 aliphatic carbocycles. The average Bonchev–Trinajstić information content (AvgIpc) is 3.32. The minimum absolute atomic E-state index is 0.114. The number of nitrogens with zero attached hydrogens (tertiary/aromatic N) is 1. The highest BCUT2D eigenvalue weighted by atomic mass is 31.2. The fourth-order valence-corrected chi connectivity index (χ4v) is 5.47. The fourth-order valence-electron chi connectivity index (χ4n) is 3.46. The van der Waals surface area contributed by atoms with Crippen molar-refractivity contribution in [2.75, 3.05) is 7.11 Å². The van der Waals surface area contributed by atoms with Crippen LogP contribution < -0.4 is 16.1 Å². The number of ether oxygens (including phenoxy) is 2. The molecule has 0 aromatic carbocycles. The Morgan fingerprint density at radius 3 is 2.45 bits per heavy atom. The van der Waals surface area contributed by atoms with Crippen molar-refractivity contribution in [2.24, 2.45) is 5.92 Å². The van der Waals surface area contributed by atoms with Crippen molar-refractivity contribution in [3.63, 3.8) is 0 Å². The summed E-state index contributed by atoms with van der Waals surface area (Å²) >= 11 is 0. The van der Waals surface area contributed by atoms with Gasteiger partial charge in [0.15, 0.2) is 6.23 Å². The molecule has 2 aliphatic rings. The molecule has 1 aliphatic heterocycles. The van der Waals surface area contributed by atoms with E-state index in [0.717, 1.165) is 10.6 Å². The Kier molecular flexibility index (Phi) is 6.12. The second-order valence-electron chi connectivity index (χ2n) is 7.47. The molecule has 0 spiro atoms. The van der Waals surface area contributed by atoms with Crippen LogP contribution in [-0.2, 0) is 23.1 Å². The van der Waals surface area contributed by atoms with E-state index in [2.05, 4.69) is 4.98 Å². The number of nitrogens with one attached hydrogen (secondary N) is 1. The van der Waals surface area contributed by atoms with Gasteiger partial charge in [0, 0.05) is 30.9 Å². The molecule has 0 amide bonds. The van der Waals surface area contributed by atoms with Gasteiger partial charge in [0.2, 0.25) is 0 Å². The van der Waals surface area contributed by atoms with Crippen LogP contribution in [0.3, 0.4) is 0 Å². The molecule has 4 unspecified atom stereocenters. The zero-order chi connectivity index (χ0) is 21.7. The maximum atomic E-state index is 12.4. The van der Waals surface area contributed by atoms with E-state index in [1.165, 1.54) is 27.2 Å². The molecular weight excluding hydrogens is 430 g/mol. The molecule has 3 N–H and O–H groups in total. The lowest BCUT2D eigenvalue weighted by atomic mass is 10.1. The Bertz CT molecular complexity index is 968. The summed E-state index contributed by atoms with van der Waals surface area (Å²) in [6, 6.07) is 1.09. The second-order valence-corrected chi connectivity index (χ2v) is 11.6. The fraction of sp³-hybridized carbons (Fsp3) is 0.733. The van der Waals surface area contributed by atoms with E-state index < -0.39 is 68.2 Å². The minimum atomic E-state index is -4.41. The van der Waals surface area contributed by atoms with Crippen molar-refractivity contribution in [1.29, 1.82) is 0 Å². The highest BCUT2D eigenvalue weighted by molar-refractivity contribution is 7.53. The molecule has 1 saturated heterocycles. The molecule has 0 radical (unpaired) electrons. The van der Waals surface area contributed by atoms with E-state index in [-0.39, 0.29) is 6.42 Å². The Hall–Kier alpha value is -1.10. The Balaban J connectivity index is 1.99. The van der Waals surface area contributed by atoms with Gasteiger partial charge in [0.25, 0.3) is 5.56 Å². The van der Waals surface area contributed by atoms with Crippen molar-refractivity contribution in [1.82, 2.24) is 9.55 Å². The third-order valence-electron chi connectivity index (χ3n) is 5.18. The monoisotopic (exact) mass is 453 g/mol. The Morgan fingerprint density at radius 2 is 1.97 bits per heavy atom. The van der Waals surface area contributed by atoms with E-state index in [4.69, 9.17) is 14.0 Å². The molecule has 2 heterocycles. The molecule has 3 rings (SSSR count). The normalized spacial score (nSPS) is 34.3. The average molecular weight is 453 g/mol. The summed E-state index contributed by atoms with van der Waals surface area (Å²) in [4.78, 5) is 56.9. The third-order valence-corrected chi connectivity index (χ3v) is 8.44. The predicted octanol–water partition coefficient (Wildman–Crippen LogP) is -0.638.